The Hall–Kier alpha value is -1.84. The van der Waals surface area contributed by atoms with Crippen molar-refractivity contribution in [2.45, 2.75) is 26.3 Å². The van der Waals surface area contributed by atoms with E-state index in [1.807, 2.05) is 24.3 Å². The van der Waals surface area contributed by atoms with Gasteiger partial charge >= 0.3 is 0 Å². The molecule has 2 rings (SSSR count). The zero-order valence-electron chi connectivity index (χ0n) is 12.1. The number of aryl methyl sites for hydroxylation is 1. The Morgan fingerprint density at radius 2 is 1.80 bits per heavy atom. The first-order chi connectivity index (χ1) is 9.76. The van der Waals surface area contributed by atoms with E-state index in [2.05, 4.69) is 43.5 Å². The fraction of sp³-hybridized carbons (Fsp3) is 0.294. The number of hydrogen-bond acceptors (Lipinski definition) is 3. The van der Waals surface area contributed by atoms with Crippen molar-refractivity contribution in [3.8, 4) is 5.75 Å². The largest absolute Gasteiger partial charge is 0.494 e. The van der Waals surface area contributed by atoms with Crippen LogP contribution in [0, 0.1) is 6.92 Å². The molecule has 0 aliphatic rings. The molecule has 2 aromatic carbocycles. The quantitative estimate of drug-likeness (QED) is 0.625. The Balaban J connectivity index is 2.22. The number of nitrogens with two attached hydrogens (primary N) is 1. The highest BCUT2D eigenvalue weighted by molar-refractivity contribution is 5.38. The molecule has 2 aromatic rings. The second kappa shape index (κ2) is 7.08. The Bertz CT molecular complexity index is 537. The van der Waals surface area contributed by atoms with Crippen molar-refractivity contribution >= 4 is 0 Å². The average Bonchev–Trinajstić information content (AvgIpc) is 2.49. The van der Waals surface area contributed by atoms with Crippen LogP contribution in [0.4, 0.5) is 0 Å². The van der Waals surface area contributed by atoms with E-state index in [0.717, 1.165) is 24.3 Å². The fourth-order valence-electron chi connectivity index (χ4n) is 2.25. The number of ether oxygens (including phenoxy) is 1. The first-order valence-corrected chi connectivity index (χ1v) is 7.00. The minimum atomic E-state index is -0.00331. The molecule has 20 heavy (non-hydrogen) atoms. The summed E-state index contributed by atoms with van der Waals surface area (Å²) in [6.45, 7) is 4.94. The third-order valence-corrected chi connectivity index (χ3v) is 3.35. The van der Waals surface area contributed by atoms with Crippen LogP contribution in [-0.4, -0.2) is 6.61 Å². The lowest BCUT2D eigenvalue weighted by Gasteiger charge is -2.19. The molecule has 0 amide bonds. The molecule has 1 atom stereocenters. The van der Waals surface area contributed by atoms with E-state index in [9.17, 15) is 0 Å². The highest BCUT2D eigenvalue weighted by Gasteiger charge is 2.14. The minimum Gasteiger partial charge on any atom is -0.494 e. The number of rotatable bonds is 6. The lowest BCUT2D eigenvalue weighted by Crippen LogP contribution is -2.29. The van der Waals surface area contributed by atoms with E-state index in [4.69, 9.17) is 10.6 Å². The van der Waals surface area contributed by atoms with Crippen molar-refractivity contribution in [1.29, 1.82) is 0 Å². The van der Waals surface area contributed by atoms with Crippen molar-refractivity contribution < 1.29 is 4.74 Å². The Morgan fingerprint density at radius 3 is 2.40 bits per heavy atom. The topological polar surface area (TPSA) is 47.3 Å². The van der Waals surface area contributed by atoms with Crippen molar-refractivity contribution in [2.24, 2.45) is 5.84 Å². The predicted octanol–water partition coefficient (Wildman–Crippen LogP) is 3.34. The van der Waals surface area contributed by atoms with E-state index < -0.39 is 0 Å². The molecule has 0 heterocycles. The number of hydrazine groups is 1. The molecule has 3 nitrogen and oxygen atoms in total. The molecule has 106 valence electrons. The lowest BCUT2D eigenvalue weighted by atomic mass is 9.95. The van der Waals surface area contributed by atoms with E-state index in [0.29, 0.717) is 0 Å². The van der Waals surface area contributed by atoms with Crippen molar-refractivity contribution in [2.75, 3.05) is 6.61 Å². The van der Waals surface area contributed by atoms with Gasteiger partial charge in [0.25, 0.3) is 0 Å². The van der Waals surface area contributed by atoms with Crippen molar-refractivity contribution in [3.05, 3.63) is 65.2 Å². The van der Waals surface area contributed by atoms with Crippen LogP contribution in [0.2, 0.25) is 0 Å². The van der Waals surface area contributed by atoms with Crippen LogP contribution < -0.4 is 16.0 Å². The Kier molecular flexibility index (Phi) is 5.16. The third-order valence-electron chi connectivity index (χ3n) is 3.35. The van der Waals surface area contributed by atoms with Gasteiger partial charge in [0, 0.05) is 0 Å². The lowest BCUT2D eigenvalue weighted by molar-refractivity contribution is 0.317. The standard InChI is InChI=1S/C17H22N2O/c1-3-12-20-15-10-8-14(9-11-15)17(19-18)16-7-5-4-6-13(16)2/h4-11,17,19H,3,12,18H2,1-2H3. The van der Waals surface area contributed by atoms with Gasteiger partial charge in [-0.15, -0.1) is 0 Å². The Morgan fingerprint density at radius 1 is 1.10 bits per heavy atom. The summed E-state index contributed by atoms with van der Waals surface area (Å²) in [4.78, 5) is 0. The normalized spacial score (nSPS) is 12.2. The first kappa shape index (κ1) is 14.6. The van der Waals surface area contributed by atoms with Crippen molar-refractivity contribution in [1.82, 2.24) is 5.43 Å². The average molecular weight is 270 g/mol. The number of nitrogens with one attached hydrogen (secondary N) is 1. The predicted molar refractivity (Wildman–Crippen MR) is 82.6 cm³/mol. The highest BCUT2D eigenvalue weighted by Crippen LogP contribution is 2.25. The molecule has 3 N–H and O–H groups in total. The summed E-state index contributed by atoms with van der Waals surface area (Å²) in [5, 5.41) is 0. The summed E-state index contributed by atoms with van der Waals surface area (Å²) in [5.41, 5.74) is 6.44. The maximum atomic E-state index is 5.74. The maximum Gasteiger partial charge on any atom is 0.119 e. The van der Waals surface area contributed by atoms with Gasteiger partial charge in [0.1, 0.15) is 5.75 Å². The summed E-state index contributed by atoms with van der Waals surface area (Å²) in [7, 11) is 0. The number of benzene rings is 2. The second-order valence-electron chi connectivity index (χ2n) is 4.87. The van der Waals surface area contributed by atoms with Gasteiger partial charge < -0.3 is 4.74 Å². The van der Waals surface area contributed by atoms with Gasteiger partial charge in [0.15, 0.2) is 0 Å². The van der Waals surface area contributed by atoms with Crippen LogP contribution in [0.25, 0.3) is 0 Å². The van der Waals surface area contributed by atoms with Crippen LogP contribution in [0.1, 0.15) is 36.1 Å². The van der Waals surface area contributed by atoms with E-state index in [-0.39, 0.29) is 6.04 Å². The summed E-state index contributed by atoms with van der Waals surface area (Å²) in [6, 6.07) is 16.4. The molecule has 1 unspecified atom stereocenters. The zero-order chi connectivity index (χ0) is 14.4. The molecule has 0 aliphatic heterocycles. The summed E-state index contributed by atoms with van der Waals surface area (Å²) in [5.74, 6) is 6.64. The molecule has 0 radical (unpaired) electrons. The monoisotopic (exact) mass is 270 g/mol. The van der Waals surface area contributed by atoms with E-state index in [1.165, 1.54) is 11.1 Å². The first-order valence-electron chi connectivity index (χ1n) is 7.00. The molecule has 0 aliphatic carbocycles. The molecule has 0 saturated carbocycles. The molecule has 0 fully saturated rings. The van der Waals surface area contributed by atoms with Crippen LogP contribution in [0.3, 0.4) is 0 Å². The third kappa shape index (κ3) is 3.38. The summed E-state index contributed by atoms with van der Waals surface area (Å²) < 4.78 is 5.60. The van der Waals surface area contributed by atoms with Crippen LogP contribution in [0.15, 0.2) is 48.5 Å². The SMILES string of the molecule is CCCOc1ccc(C(NN)c2ccccc2C)cc1. The van der Waals surface area contributed by atoms with E-state index >= 15 is 0 Å². The van der Waals surface area contributed by atoms with Crippen molar-refractivity contribution in [3.63, 3.8) is 0 Å². The van der Waals surface area contributed by atoms with E-state index in [1.54, 1.807) is 0 Å². The molecule has 0 saturated heterocycles. The van der Waals surface area contributed by atoms with Gasteiger partial charge in [-0.1, -0.05) is 43.3 Å². The molecular formula is C17H22N2O. The van der Waals surface area contributed by atoms with Gasteiger partial charge in [-0.25, -0.2) is 5.43 Å². The van der Waals surface area contributed by atoms with Crippen LogP contribution in [0.5, 0.6) is 5.75 Å². The van der Waals surface area contributed by atoms with Gasteiger partial charge in [0.05, 0.1) is 12.6 Å². The van der Waals surface area contributed by atoms with Crippen LogP contribution in [-0.2, 0) is 0 Å². The zero-order valence-corrected chi connectivity index (χ0v) is 12.1. The van der Waals surface area contributed by atoms with Gasteiger partial charge in [-0.3, -0.25) is 5.84 Å². The number of hydrogen-bond donors (Lipinski definition) is 2. The molecule has 3 heteroatoms. The summed E-state index contributed by atoms with van der Waals surface area (Å²) in [6.07, 6.45) is 1.01. The fourth-order valence-corrected chi connectivity index (χ4v) is 2.25. The van der Waals surface area contributed by atoms with Crippen LogP contribution >= 0.6 is 0 Å². The molecular weight excluding hydrogens is 248 g/mol. The second-order valence-corrected chi connectivity index (χ2v) is 4.87. The van der Waals surface area contributed by atoms with Gasteiger partial charge in [-0.05, 0) is 42.2 Å². The highest BCUT2D eigenvalue weighted by atomic mass is 16.5. The summed E-state index contributed by atoms with van der Waals surface area (Å²) >= 11 is 0. The van der Waals surface area contributed by atoms with Gasteiger partial charge in [-0.2, -0.15) is 0 Å². The molecule has 0 aromatic heterocycles. The smallest absolute Gasteiger partial charge is 0.119 e. The molecule has 0 spiro atoms. The van der Waals surface area contributed by atoms with Gasteiger partial charge in [0.2, 0.25) is 0 Å². The molecule has 0 bridgehead atoms. The minimum absolute atomic E-state index is 0.00331. The Labute approximate surface area is 120 Å². The maximum absolute atomic E-state index is 5.74.